The molecule has 0 atom stereocenters. The summed E-state index contributed by atoms with van der Waals surface area (Å²) in [5.41, 5.74) is 2.36. The zero-order valence-electron chi connectivity index (χ0n) is 11.5. The third-order valence-electron chi connectivity index (χ3n) is 3.15. The molecule has 0 bridgehead atoms. The fraction of sp³-hybridized carbons (Fsp3) is 0.133. The summed E-state index contributed by atoms with van der Waals surface area (Å²) in [4.78, 5) is 15.1. The molecular weight excluding hydrogens is 268 g/mol. The second-order valence-electron chi connectivity index (χ2n) is 4.54. The lowest BCUT2D eigenvalue weighted by Crippen LogP contribution is -2.24. The largest absolute Gasteiger partial charge is 0.480 e. The Morgan fingerprint density at radius 2 is 2.14 bits per heavy atom. The Bertz CT molecular complexity index is 765. The van der Waals surface area contributed by atoms with Gasteiger partial charge in [0.25, 0.3) is 5.91 Å². The Hall–Kier alpha value is -2.89. The number of hydrogen-bond donors (Lipinski definition) is 2. The van der Waals surface area contributed by atoms with Gasteiger partial charge in [0.1, 0.15) is 0 Å². The van der Waals surface area contributed by atoms with Gasteiger partial charge in [-0.2, -0.15) is 0 Å². The Kier molecular flexibility index (Phi) is 3.51. The first-order valence-electron chi connectivity index (χ1n) is 6.48. The van der Waals surface area contributed by atoms with Crippen molar-refractivity contribution in [3.8, 4) is 5.88 Å². The SMILES string of the molecule is COc1ccc(C(=O)NCc2ccc3[nH]ccc3c2)nn1. The van der Waals surface area contributed by atoms with E-state index in [4.69, 9.17) is 4.74 Å². The highest BCUT2D eigenvalue weighted by atomic mass is 16.5. The van der Waals surface area contributed by atoms with Crippen molar-refractivity contribution < 1.29 is 9.53 Å². The number of carbonyl (C=O) groups is 1. The number of nitrogens with zero attached hydrogens (tertiary/aromatic N) is 2. The van der Waals surface area contributed by atoms with Crippen LogP contribution in [0.25, 0.3) is 10.9 Å². The van der Waals surface area contributed by atoms with Crippen LogP contribution in [0.5, 0.6) is 5.88 Å². The Morgan fingerprint density at radius 1 is 1.24 bits per heavy atom. The van der Waals surface area contributed by atoms with Gasteiger partial charge in [-0.1, -0.05) is 6.07 Å². The molecule has 6 heteroatoms. The normalized spacial score (nSPS) is 10.5. The molecule has 1 aromatic carbocycles. The van der Waals surface area contributed by atoms with Crippen LogP contribution in [-0.4, -0.2) is 28.2 Å². The zero-order chi connectivity index (χ0) is 14.7. The summed E-state index contributed by atoms with van der Waals surface area (Å²) in [5.74, 6) is 0.115. The molecule has 2 aromatic heterocycles. The molecule has 2 N–H and O–H groups in total. The molecule has 0 aliphatic heterocycles. The number of nitrogens with one attached hydrogen (secondary N) is 2. The van der Waals surface area contributed by atoms with Crippen LogP contribution >= 0.6 is 0 Å². The third kappa shape index (κ3) is 2.84. The van der Waals surface area contributed by atoms with Gasteiger partial charge in [-0.15, -0.1) is 10.2 Å². The third-order valence-corrected chi connectivity index (χ3v) is 3.15. The van der Waals surface area contributed by atoms with Crippen LogP contribution < -0.4 is 10.1 Å². The Morgan fingerprint density at radius 3 is 2.90 bits per heavy atom. The lowest BCUT2D eigenvalue weighted by molar-refractivity contribution is 0.0944. The molecule has 21 heavy (non-hydrogen) atoms. The molecule has 2 heterocycles. The molecule has 0 aliphatic rings. The molecule has 0 radical (unpaired) electrons. The van der Waals surface area contributed by atoms with Crippen LogP contribution in [0.1, 0.15) is 16.1 Å². The maximum atomic E-state index is 12.0. The fourth-order valence-electron chi connectivity index (χ4n) is 2.04. The average Bonchev–Trinajstić information content (AvgIpc) is 3.00. The highest BCUT2D eigenvalue weighted by Gasteiger charge is 2.08. The maximum Gasteiger partial charge on any atom is 0.272 e. The van der Waals surface area contributed by atoms with Gasteiger partial charge in [0.05, 0.1) is 7.11 Å². The van der Waals surface area contributed by atoms with Crippen molar-refractivity contribution in [2.24, 2.45) is 0 Å². The van der Waals surface area contributed by atoms with Gasteiger partial charge >= 0.3 is 0 Å². The van der Waals surface area contributed by atoms with E-state index in [-0.39, 0.29) is 11.6 Å². The molecule has 0 saturated carbocycles. The first kappa shape index (κ1) is 13.1. The summed E-state index contributed by atoms with van der Waals surface area (Å²) in [6.07, 6.45) is 1.89. The highest BCUT2D eigenvalue weighted by Crippen LogP contribution is 2.14. The van der Waals surface area contributed by atoms with E-state index in [1.54, 1.807) is 12.1 Å². The van der Waals surface area contributed by atoms with E-state index in [2.05, 4.69) is 20.5 Å². The number of amides is 1. The quantitative estimate of drug-likeness (QED) is 0.766. The number of ether oxygens (including phenoxy) is 1. The molecule has 0 spiro atoms. The van der Waals surface area contributed by atoms with Gasteiger partial charge in [-0.3, -0.25) is 4.79 Å². The number of aromatic amines is 1. The number of aromatic nitrogens is 3. The molecule has 106 valence electrons. The van der Waals surface area contributed by atoms with Gasteiger partial charge in [0.2, 0.25) is 5.88 Å². The van der Waals surface area contributed by atoms with Gasteiger partial charge in [0, 0.05) is 24.3 Å². The standard InChI is InChI=1S/C15H14N4O2/c1-21-14-5-4-13(18-19-14)15(20)17-9-10-2-3-12-11(8-10)6-7-16-12/h2-8,16H,9H2,1H3,(H,17,20). The van der Waals surface area contributed by atoms with Gasteiger partial charge in [-0.05, 0) is 35.2 Å². The van der Waals surface area contributed by atoms with Crippen molar-refractivity contribution in [3.63, 3.8) is 0 Å². The fourth-order valence-corrected chi connectivity index (χ4v) is 2.04. The van der Waals surface area contributed by atoms with Gasteiger partial charge in [0.15, 0.2) is 5.69 Å². The predicted octanol–water partition coefficient (Wildman–Crippen LogP) is 1.90. The maximum absolute atomic E-state index is 12.0. The van der Waals surface area contributed by atoms with Crippen molar-refractivity contribution in [2.75, 3.05) is 7.11 Å². The first-order valence-corrected chi connectivity index (χ1v) is 6.48. The summed E-state index contributed by atoms with van der Waals surface area (Å²) in [6, 6.07) is 11.2. The van der Waals surface area contributed by atoms with Crippen LogP contribution in [0.15, 0.2) is 42.6 Å². The van der Waals surface area contributed by atoms with Crippen LogP contribution in [0.2, 0.25) is 0 Å². The van der Waals surface area contributed by atoms with Crippen molar-refractivity contribution in [2.45, 2.75) is 6.54 Å². The monoisotopic (exact) mass is 282 g/mol. The van der Waals surface area contributed by atoms with Crippen molar-refractivity contribution in [3.05, 3.63) is 53.9 Å². The smallest absolute Gasteiger partial charge is 0.272 e. The number of hydrogen-bond acceptors (Lipinski definition) is 4. The van der Waals surface area contributed by atoms with Gasteiger partial charge in [-0.25, -0.2) is 0 Å². The first-order chi connectivity index (χ1) is 10.3. The van der Waals surface area contributed by atoms with Crippen molar-refractivity contribution in [1.29, 1.82) is 0 Å². The van der Waals surface area contributed by atoms with E-state index in [9.17, 15) is 4.79 Å². The number of H-pyrrole nitrogens is 1. The van der Waals surface area contributed by atoms with Crippen LogP contribution in [0, 0.1) is 0 Å². The van der Waals surface area contributed by atoms with E-state index in [1.807, 2.05) is 30.5 Å². The molecule has 3 rings (SSSR count). The molecule has 3 aromatic rings. The number of fused-ring (bicyclic) bond motifs is 1. The van der Waals surface area contributed by atoms with Gasteiger partial charge < -0.3 is 15.0 Å². The molecular formula is C15H14N4O2. The predicted molar refractivity (Wildman–Crippen MR) is 78.1 cm³/mol. The van der Waals surface area contributed by atoms with E-state index in [0.29, 0.717) is 12.4 Å². The van der Waals surface area contributed by atoms with E-state index >= 15 is 0 Å². The van der Waals surface area contributed by atoms with Crippen molar-refractivity contribution in [1.82, 2.24) is 20.5 Å². The molecule has 6 nitrogen and oxygen atoms in total. The summed E-state index contributed by atoms with van der Waals surface area (Å²) in [5, 5.41) is 11.5. The zero-order valence-corrected chi connectivity index (χ0v) is 11.5. The number of methoxy groups -OCH3 is 1. The molecule has 1 amide bonds. The lowest BCUT2D eigenvalue weighted by Gasteiger charge is -2.05. The number of benzene rings is 1. The second kappa shape index (κ2) is 5.62. The van der Waals surface area contributed by atoms with E-state index in [0.717, 1.165) is 16.5 Å². The highest BCUT2D eigenvalue weighted by molar-refractivity contribution is 5.92. The summed E-state index contributed by atoms with van der Waals surface area (Å²) in [6.45, 7) is 0.438. The molecule has 0 saturated heterocycles. The lowest BCUT2D eigenvalue weighted by atomic mass is 10.1. The second-order valence-corrected chi connectivity index (χ2v) is 4.54. The average molecular weight is 282 g/mol. The van der Waals surface area contributed by atoms with Crippen LogP contribution in [0.4, 0.5) is 0 Å². The molecule has 0 unspecified atom stereocenters. The Labute approximate surface area is 121 Å². The minimum atomic E-state index is -0.265. The minimum Gasteiger partial charge on any atom is -0.480 e. The molecule has 0 fully saturated rings. The van der Waals surface area contributed by atoms with Crippen LogP contribution in [-0.2, 0) is 6.54 Å². The summed E-state index contributed by atoms with van der Waals surface area (Å²) >= 11 is 0. The minimum absolute atomic E-state index is 0.263. The molecule has 0 aliphatic carbocycles. The van der Waals surface area contributed by atoms with Crippen molar-refractivity contribution >= 4 is 16.8 Å². The topological polar surface area (TPSA) is 79.9 Å². The van der Waals surface area contributed by atoms with E-state index < -0.39 is 0 Å². The number of carbonyl (C=O) groups excluding carboxylic acids is 1. The summed E-state index contributed by atoms with van der Waals surface area (Å²) in [7, 11) is 1.50. The number of rotatable bonds is 4. The Balaban J connectivity index is 1.66. The van der Waals surface area contributed by atoms with E-state index in [1.165, 1.54) is 7.11 Å². The summed E-state index contributed by atoms with van der Waals surface area (Å²) < 4.78 is 4.90. The van der Waals surface area contributed by atoms with Crippen LogP contribution in [0.3, 0.4) is 0 Å².